The predicted octanol–water partition coefficient (Wildman–Crippen LogP) is 5.15. The summed E-state index contributed by atoms with van der Waals surface area (Å²) < 4.78 is 56.0. The Balaban J connectivity index is 1.81. The summed E-state index contributed by atoms with van der Waals surface area (Å²) in [5, 5.41) is 9.80. The second-order valence-corrected chi connectivity index (χ2v) is 7.58. The highest BCUT2D eigenvalue weighted by Crippen LogP contribution is 2.45. The number of rotatable bonds is 4. The second kappa shape index (κ2) is 8.25. The highest BCUT2D eigenvalue weighted by atomic mass is 19.1. The first kappa shape index (κ1) is 22.1. The van der Waals surface area contributed by atoms with Gasteiger partial charge in [-0.05, 0) is 18.2 Å². The smallest absolute Gasteiger partial charge is 0.334 e. The number of carbonyl (C=O) groups is 1. The first-order chi connectivity index (χ1) is 16.9. The van der Waals surface area contributed by atoms with E-state index >= 15 is 13.2 Å². The number of fused-ring (bicyclic) bond motifs is 3. The lowest BCUT2D eigenvalue weighted by Crippen LogP contribution is -2.46. The summed E-state index contributed by atoms with van der Waals surface area (Å²) in [4.78, 5) is 22.9. The van der Waals surface area contributed by atoms with Crippen LogP contribution in [0.15, 0.2) is 42.7 Å². The number of benzene rings is 2. The Hall–Kier alpha value is -4.72. The van der Waals surface area contributed by atoms with E-state index in [1.807, 2.05) is 0 Å². The highest BCUT2D eigenvalue weighted by Gasteiger charge is 2.39. The van der Waals surface area contributed by atoms with E-state index in [2.05, 4.69) is 9.97 Å². The van der Waals surface area contributed by atoms with E-state index < -0.39 is 29.2 Å². The number of aromatic nitrogens is 2. The summed E-state index contributed by atoms with van der Waals surface area (Å²) in [6.45, 7) is -0.275. The topological polar surface area (TPSA) is 94.5 Å². The number of nitriles is 1. The van der Waals surface area contributed by atoms with E-state index in [9.17, 15) is 10.1 Å². The van der Waals surface area contributed by atoms with E-state index in [1.54, 1.807) is 18.3 Å². The summed E-state index contributed by atoms with van der Waals surface area (Å²) in [6, 6.07) is 7.44. The maximum Gasteiger partial charge on any atom is 0.334 e. The molecule has 1 aliphatic rings. The zero-order valence-corrected chi connectivity index (χ0v) is 18.4. The van der Waals surface area contributed by atoms with Gasteiger partial charge in [-0.2, -0.15) is 5.26 Å². The SMILES string of the molecule is COc1cc(OC)c(F)c(N2Cc3cnc4[nH]ccc4c3N(c3cccc(C#N)c3F)C2=O)c1F. The minimum atomic E-state index is -1.13. The van der Waals surface area contributed by atoms with Gasteiger partial charge in [-0.25, -0.2) is 22.9 Å². The van der Waals surface area contributed by atoms with Crippen molar-refractivity contribution in [2.45, 2.75) is 6.54 Å². The van der Waals surface area contributed by atoms with Crippen molar-refractivity contribution >= 4 is 34.1 Å². The normalized spacial score (nSPS) is 13.1. The number of hydrogen-bond acceptors (Lipinski definition) is 5. The van der Waals surface area contributed by atoms with Gasteiger partial charge in [0.05, 0.1) is 37.7 Å². The maximum atomic E-state index is 15.3. The molecule has 3 heterocycles. The number of nitrogens with one attached hydrogen (secondary N) is 1. The van der Waals surface area contributed by atoms with E-state index in [4.69, 9.17) is 9.47 Å². The van der Waals surface area contributed by atoms with Crippen LogP contribution in [0.1, 0.15) is 11.1 Å². The molecule has 0 saturated heterocycles. The molecule has 8 nitrogen and oxygen atoms in total. The molecule has 2 aromatic heterocycles. The fourth-order valence-electron chi connectivity index (χ4n) is 4.16. The van der Waals surface area contributed by atoms with E-state index in [1.165, 1.54) is 38.6 Å². The molecular weight excluding hydrogens is 463 g/mol. The number of methoxy groups -OCH3 is 2. The Morgan fingerprint density at radius 2 is 1.77 bits per heavy atom. The number of amides is 2. The van der Waals surface area contributed by atoms with Crippen LogP contribution in [0.2, 0.25) is 0 Å². The van der Waals surface area contributed by atoms with Crippen LogP contribution in [0.4, 0.5) is 35.0 Å². The molecule has 35 heavy (non-hydrogen) atoms. The molecule has 0 atom stereocenters. The van der Waals surface area contributed by atoms with Gasteiger partial charge in [0.2, 0.25) is 0 Å². The average molecular weight is 479 g/mol. The standard InChI is InChI=1S/C24H16F3N5O3/c1-34-16-8-17(35-2)20(27)22(19(16)26)31-11-13-10-30-23-14(6-7-29-23)21(13)32(24(31)33)15-5-3-4-12(9-28)18(15)25/h3-8,10H,11H2,1-2H3,(H,29,30). The molecule has 4 aromatic rings. The zero-order chi connectivity index (χ0) is 24.9. The number of aromatic amines is 1. The number of urea groups is 1. The third-order valence-electron chi connectivity index (χ3n) is 5.77. The monoisotopic (exact) mass is 479 g/mol. The second-order valence-electron chi connectivity index (χ2n) is 7.58. The number of pyridine rings is 1. The Morgan fingerprint density at radius 3 is 2.43 bits per heavy atom. The molecule has 0 bridgehead atoms. The minimum absolute atomic E-state index is 0.260. The number of hydrogen-bond donors (Lipinski definition) is 1. The third kappa shape index (κ3) is 3.22. The van der Waals surface area contributed by atoms with Gasteiger partial charge in [-0.1, -0.05) is 6.07 Å². The van der Waals surface area contributed by atoms with Gasteiger partial charge < -0.3 is 14.5 Å². The number of H-pyrrole nitrogens is 1. The molecule has 11 heteroatoms. The molecule has 2 aromatic carbocycles. The van der Waals surface area contributed by atoms with Crippen LogP contribution in [0, 0.1) is 28.8 Å². The number of halogens is 3. The quantitative estimate of drug-likeness (QED) is 0.437. The molecule has 1 N–H and O–H groups in total. The molecule has 0 unspecified atom stereocenters. The lowest BCUT2D eigenvalue weighted by molar-refractivity contribution is 0.251. The van der Waals surface area contributed by atoms with Crippen molar-refractivity contribution in [1.82, 2.24) is 9.97 Å². The number of nitrogens with zero attached hydrogens (tertiary/aromatic N) is 4. The minimum Gasteiger partial charge on any atom is -0.493 e. The third-order valence-corrected chi connectivity index (χ3v) is 5.77. The molecule has 0 spiro atoms. The zero-order valence-electron chi connectivity index (χ0n) is 18.4. The van der Waals surface area contributed by atoms with Crippen molar-refractivity contribution in [3.8, 4) is 17.6 Å². The molecule has 0 aliphatic carbocycles. The molecule has 1 aliphatic heterocycles. The van der Waals surface area contributed by atoms with E-state index in [0.717, 1.165) is 15.9 Å². The summed E-state index contributed by atoms with van der Waals surface area (Å²) >= 11 is 0. The summed E-state index contributed by atoms with van der Waals surface area (Å²) in [5.74, 6) is -3.92. The summed E-state index contributed by atoms with van der Waals surface area (Å²) in [6.07, 6.45) is 3.03. The highest BCUT2D eigenvalue weighted by molar-refractivity contribution is 6.15. The van der Waals surface area contributed by atoms with Crippen molar-refractivity contribution in [2.75, 3.05) is 24.0 Å². The summed E-state index contributed by atoms with van der Waals surface area (Å²) in [5.41, 5.74) is -0.195. The van der Waals surface area contributed by atoms with Crippen LogP contribution in [0.3, 0.4) is 0 Å². The van der Waals surface area contributed by atoms with Crippen LogP contribution in [-0.4, -0.2) is 30.2 Å². The van der Waals surface area contributed by atoms with Crippen molar-refractivity contribution in [3.05, 3.63) is 71.3 Å². The van der Waals surface area contributed by atoms with Crippen molar-refractivity contribution < 1.29 is 27.4 Å². The van der Waals surface area contributed by atoms with Crippen LogP contribution in [0.25, 0.3) is 11.0 Å². The lowest BCUT2D eigenvalue weighted by Gasteiger charge is -2.37. The molecule has 0 saturated carbocycles. The van der Waals surface area contributed by atoms with E-state index in [-0.39, 0.29) is 35.0 Å². The number of carbonyl (C=O) groups excluding carboxylic acids is 1. The van der Waals surface area contributed by atoms with Gasteiger partial charge in [0.25, 0.3) is 0 Å². The van der Waals surface area contributed by atoms with Gasteiger partial charge in [0.15, 0.2) is 29.0 Å². The Labute approximate surface area is 196 Å². The maximum absolute atomic E-state index is 15.3. The Bertz CT molecular complexity index is 1520. The van der Waals surface area contributed by atoms with Gasteiger partial charge in [0.1, 0.15) is 17.4 Å². The summed E-state index contributed by atoms with van der Waals surface area (Å²) in [7, 11) is 2.38. The van der Waals surface area contributed by atoms with E-state index in [0.29, 0.717) is 16.6 Å². The number of ether oxygens (including phenoxy) is 2. The van der Waals surface area contributed by atoms with Crippen LogP contribution < -0.4 is 19.3 Å². The Morgan fingerprint density at radius 1 is 1.06 bits per heavy atom. The molecule has 0 radical (unpaired) electrons. The fourth-order valence-corrected chi connectivity index (χ4v) is 4.16. The fraction of sp³-hybridized carbons (Fsp3) is 0.125. The predicted molar refractivity (Wildman–Crippen MR) is 120 cm³/mol. The first-order valence-electron chi connectivity index (χ1n) is 10.3. The van der Waals surface area contributed by atoms with Crippen molar-refractivity contribution in [1.29, 1.82) is 5.26 Å². The van der Waals surface area contributed by atoms with Gasteiger partial charge >= 0.3 is 6.03 Å². The molecule has 0 fully saturated rings. The van der Waals surface area contributed by atoms with Gasteiger partial charge in [-0.3, -0.25) is 9.80 Å². The van der Waals surface area contributed by atoms with Gasteiger partial charge in [-0.15, -0.1) is 0 Å². The van der Waals surface area contributed by atoms with Crippen LogP contribution in [0.5, 0.6) is 11.5 Å². The van der Waals surface area contributed by atoms with Gasteiger partial charge in [0, 0.05) is 29.4 Å². The van der Waals surface area contributed by atoms with Crippen LogP contribution in [-0.2, 0) is 6.54 Å². The largest absolute Gasteiger partial charge is 0.493 e. The average Bonchev–Trinajstić information content (AvgIpc) is 3.34. The molecule has 2 amide bonds. The Kier molecular flexibility index (Phi) is 5.21. The van der Waals surface area contributed by atoms with Crippen LogP contribution >= 0.6 is 0 Å². The molecule has 5 rings (SSSR count). The lowest BCUT2D eigenvalue weighted by atomic mass is 10.1. The number of anilines is 3. The molecular formula is C24H16F3N5O3. The first-order valence-corrected chi connectivity index (χ1v) is 10.3. The van der Waals surface area contributed by atoms with Crippen molar-refractivity contribution in [3.63, 3.8) is 0 Å². The van der Waals surface area contributed by atoms with Crippen molar-refractivity contribution in [2.24, 2.45) is 0 Å². The molecule has 176 valence electrons.